The molecule has 0 aromatic heterocycles. The van der Waals surface area contributed by atoms with Crippen LogP contribution in [0.4, 0.5) is 18.9 Å². The van der Waals surface area contributed by atoms with Crippen molar-refractivity contribution in [2.75, 3.05) is 24.0 Å². The van der Waals surface area contributed by atoms with E-state index in [4.69, 9.17) is 16.3 Å². The first-order valence-electron chi connectivity index (χ1n) is 11.3. The van der Waals surface area contributed by atoms with Gasteiger partial charge in [0, 0.05) is 13.2 Å². The number of hydrogen-bond acceptors (Lipinski definition) is 4. The summed E-state index contributed by atoms with van der Waals surface area (Å²) < 4.78 is 73.4. The minimum absolute atomic E-state index is 0.149. The van der Waals surface area contributed by atoms with Crippen molar-refractivity contribution in [3.8, 4) is 0 Å². The molecule has 0 atom stereocenters. The Balaban J connectivity index is 1.78. The predicted octanol–water partition coefficient (Wildman–Crippen LogP) is 5.33. The lowest BCUT2D eigenvalue weighted by atomic mass is 10.2. The number of sulfonamides is 1. The molecule has 2 aromatic rings. The molecule has 0 unspecified atom stereocenters. The second kappa shape index (κ2) is 11.6. The standard InChI is InChI=1S/C24H28ClF3N2O4S/c1-17-7-10-20(11-8-17)35(32,33)30(18-9-12-22(25)21(15-18)24(26,27)28)16-23(31)29-13-4-14-34-19-5-2-3-6-19/h7-12,15,19H,2-6,13-14,16H2,1H3,(H,29,31). The molecule has 1 aliphatic rings. The Hall–Kier alpha value is -2.30. The Morgan fingerprint density at radius 3 is 2.43 bits per heavy atom. The van der Waals surface area contributed by atoms with Crippen LogP contribution in [0.1, 0.15) is 43.2 Å². The molecule has 192 valence electrons. The lowest BCUT2D eigenvalue weighted by Gasteiger charge is -2.25. The lowest BCUT2D eigenvalue weighted by molar-refractivity contribution is -0.137. The molecule has 1 fully saturated rings. The van der Waals surface area contributed by atoms with Gasteiger partial charge in [-0.2, -0.15) is 13.2 Å². The fourth-order valence-electron chi connectivity index (χ4n) is 3.83. The number of anilines is 1. The van der Waals surface area contributed by atoms with Crippen LogP contribution in [0, 0.1) is 6.92 Å². The van der Waals surface area contributed by atoms with Crippen molar-refractivity contribution in [3.05, 3.63) is 58.6 Å². The molecule has 0 bridgehead atoms. The van der Waals surface area contributed by atoms with Gasteiger partial charge in [0.2, 0.25) is 5.91 Å². The maximum absolute atomic E-state index is 13.4. The van der Waals surface area contributed by atoms with Gasteiger partial charge in [0.25, 0.3) is 10.0 Å². The van der Waals surface area contributed by atoms with Crippen LogP contribution < -0.4 is 9.62 Å². The first-order chi connectivity index (χ1) is 16.5. The van der Waals surface area contributed by atoms with E-state index in [0.717, 1.165) is 43.4 Å². The zero-order chi connectivity index (χ0) is 25.6. The summed E-state index contributed by atoms with van der Waals surface area (Å²) in [6.07, 6.45) is 0.327. The number of nitrogens with zero attached hydrogens (tertiary/aromatic N) is 1. The average Bonchev–Trinajstić information content (AvgIpc) is 3.31. The molecule has 6 nitrogen and oxygen atoms in total. The number of nitrogens with one attached hydrogen (secondary N) is 1. The average molecular weight is 533 g/mol. The van der Waals surface area contributed by atoms with Gasteiger partial charge in [-0.1, -0.05) is 42.1 Å². The molecule has 0 saturated heterocycles. The van der Waals surface area contributed by atoms with Gasteiger partial charge in [0.05, 0.1) is 27.3 Å². The second-order valence-corrected chi connectivity index (χ2v) is 10.7. The number of alkyl halides is 3. The zero-order valence-electron chi connectivity index (χ0n) is 19.3. The summed E-state index contributed by atoms with van der Waals surface area (Å²) in [5.41, 5.74) is -0.703. The molecule has 1 aliphatic carbocycles. The molecule has 0 radical (unpaired) electrons. The third-order valence-electron chi connectivity index (χ3n) is 5.74. The highest BCUT2D eigenvalue weighted by Gasteiger charge is 2.35. The van der Waals surface area contributed by atoms with Crippen molar-refractivity contribution in [2.24, 2.45) is 0 Å². The fourth-order valence-corrected chi connectivity index (χ4v) is 5.47. The van der Waals surface area contributed by atoms with Crippen LogP contribution in [0.25, 0.3) is 0 Å². The summed E-state index contributed by atoms with van der Waals surface area (Å²) in [6.45, 7) is 1.78. The minimum Gasteiger partial charge on any atom is -0.378 e. The molecule has 3 rings (SSSR count). The number of benzene rings is 2. The van der Waals surface area contributed by atoms with Crippen molar-refractivity contribution >= 4 is 33.2 Å². The topological polar surface area (TPSA) is 75.7 Å². The van der Waals surface area contributed by atoms with Crippen molar-refractivity contribution < 1.29 is 31.1 Å². The van der Waals surface area contributed by atoms with Gasteiger partial charge in [-0.15, -0.1) is 0 Å². The SMILES string of the molecule is Cc1ccc(S(=O)(=O)N(CC(=O)NCCCOC2CCCC2)c2ccc(Cl)c(C(F)(F)F)c2)cc1. The molecule has 0 aliphatic heterocycles. The van der Waals surface area contributed by atoms with E-state index >= 15 is 0 Å². The maximum Gasteiger partial charge on any atom is 0.417 e. The Morgan fingerprint density at radius 1 is 1.14 bits per heavy atom. The van der Waals surface area contributed by atoms with E-state index in [1.165, 1.54) is 12.1 Å². The monoisotopic (exact) mass is 532 g/mol. The second-order valence-electron chi connectivity index (χ2n) is 8.47. The van der Waals surface area contributed by atoms with Crippen LogP contribution in [0.2, 0.25) is 5.02 Å². The van der Waals surface area contributed by atoms with Crippen LogP contribution >= 0.6 is 11.6 Å². The van der Waals surface area contributed by atoms with Gasteiger partial charge < -0.3 is 10.1 Å². The third-order valence-corrected chi connectivity index (χ3v) is 7.86. The molecule has 1 saturated carbocycles. The summed E-state index contributed by atoms with van der Waals surface area (Å²) in [5, 5.41) is 2.06. The number of hydrogen-bond donors (Lipinski definition) is 1. The van der Waals surface area contributed by atoms with Gasteiger partial charge in [-0.25, -0.2) is 8.42 Å². The van der Waals surface area contributed by atoms with Gasteiger partial charge in [0.15, 0.2) is 0 Å². The van der Waals surface area contributed by atoms with Crippen molar-refractivity contribution in [1.82, 2.24) is 5.32 Å². The van der Waals surface area contributed by atoms with Crippen LogP contribution in [-0.4, -0.2) is 40.1 Å². The van der Waals surface area contributed by atoms with E-state index in [0.29, 0.717) is 23.4 Å². The van der Waals surface area contributed by atoms with Crippen LogP contribution in [0.5, 0.6) is 0 Å². The molecule has 2 aromatic carbocycles. The Labute approximate surface area is 208 Å². The Bertz CT molecular complexity index is 1120. The summed E-state index contributed by atoms with van der Waals surface area (Å²) in [5.74, 6) is -0.648. The molecule has 0 spiro atoms. The highest BCUT2D eigenvalue weighted by atomic mass is 35.5. The summed E-state index contributed by atoms with van der Waals surface area (Å²) in [7, 11) is -4.35. The maximum atomic E-state index is 13.4. The number of rotatable bonds is 10. The molecular formula is C24H28ClF3N2O4S. The Kier molecular flexibility index (Phi) is 9.06. The molecule has 1 N–H and O–H groups in total. The minimum atomic E-state index is -4.80. The van der Waals surface area contributed by atoms with Crippen molar-refractivity contribution in [3.63, 3.8) is 0 Å². The number of carbonyl (C=O) groups is 1. The summed E-state index contributed by atoms with van der Waals surface area (Å²) >= 11 is 5.71. The normalized spacial score (nSPS) is 14.8. The Morgan fingerprint density at radius 2 is 1.80 bits per heavy atom. The molecule has 1 amide bonds. The van der Waals surface area contributed by atoms with E-state index in [-0.39, 0.29) is 23.2 Å². The zero-order valence-corrected chi connectivity index (χ0v) is 20.8. The van der Waals surface area contributed by atoms with E-state index in [2.05, 4.69) is 5.32 Å². The van der Waals surface area contributed by atoms with E-state index in [1.807, 2.05) is 0 Å². The van der Waals surface area contributed by atoms with Crippen molar-refractivity contribution in [1.29, 1.82) is 0 Å². The van der Waals surface area contributed by atoms with Crippen LogP contribution in [0.15, 0.2) is 47.4 Å². The van der Waals surface area contributed by atoms with Gasteiger partial charge in [-0.3, -0.25) is 9.10 Å². The predicted molar refractivity (Wildman–Crippen MR) is 128 cm³/mol. The van der Waals surface area contributed by atoms with E-state index in [1.54, 1.807) is 19.1 Å². The van der Waals surface area contributed by atoms with Gasteiger partial charge in [0.1, 0.15) is 6.54 Å². The highest BCUT2D eigenvalue weighted by molar-refractivity contribution is 7.92. The summed E-state index contributed by atoms with van der Waals surface area (Å²) in [4.78, 5) is 12.5. The summed E-state index contributed by atoms with van der Waals surface area (Å²) in [6, 6.07) is 8.57. The smallest absolute Gasteiger partial charge is 0.378 e. The number of aryl methyl sites for hydroxylation is 1. The largest absolute Gasteiger partial charge is 0.417 e. The van der Waals surface area contributed by atoms with E-state index < -0.39 is 39.2 Å². The quantitative estimate of drug-likeness (QED) is 0.420. The van der Waals surface area contributed by atoms with Crippen LogP contribution in [-0.2, 0) is 25.7 Å². The molecule has 35 heavy (non-hydrogen) atoms. The third kappa shape index (κ3) is 7.35. The molecule has 0 heterocycles. The van der Waals surface area contributed by atoms with Gasteiger partial charge >= 0.3 is 6.18 Å². The number of amides is 1. The number of ether oxygens (including phenoxy) is 1. The molecular weight excluding hydrogens is 505 g/mol. The number of halogens is 4. The lowest BCUT2D eigenvalue weighted by Crippen LogP contribution is -2.41. The van der Waals surface area contributed by atoms with Gasteiger partial charge in [-0.05, 0) is 56.5 Å². The number of carbonyl (C=O) groups excluding carboxylic acids is 1. The first kappa shape index (κ1) is 27.3. The van der Waals surface area contributed by atoms with Crippen molar-refractivity contribution in [2.45, 2.75) is 56.2 Å². The fraction of sp³-hybridized carbons (Fsp3) is 0.458. The van der Waals surface area contributed by atoms with Crippen LogP contribution in [0.3, 0.4) is 0 Å². The first-order valence-corrected chi connectivity index (χ1v) is 13.1. The highest BCUT2D eigenvalue weighted by Crippen LogP contribution is 2.38. The molecule has 11 heteroatoms. The van der Waals surface area contributed by atoms with E-state index in [9.17, 15) is 26.4 Å².